The molecule has 96 valence electrons. The van der Waals surface area contributed by atoms with Crippen LogP contribution in [0.4, 0.5) is 5.82 Å². The molecule has 0 saturated heterocycles. The van der Waals surface area contributed by atoms with E-state index in [4.69, 9.17) is 10.4 Å². The van der Waals surface area contributed by atoms with E-state index in [9.17, 15) is 4.79 Å². The maximum Gasteiger partial charge on any atom is 0.308 e. The minimum atomic E-state index is -0.824. The first-order valence-electron chi connectivity index (χ1n) is 5.92. The molecular weight excluding hydrogens is 230 g/mol. The number of hydrogen-bond acceptors (Lipinski definition) is 4. The summed E-state index contributed by atoms with van der Waals surface area (Å²) < 4.78 is 0. The van der Waals surface area contributed by atoms with E-state index in [2.05, 4.69) is 16.4 Å². The number of nitrogens with zero attached hydrogens (tertiary/aromatic N) is 2. The number of aryl methyl sites for hydroxylation is 1. The monoisotopic (exact) mass is 247 g/mol. The maximum absolute atomic E-state index is 11.0. The largest absolute Gasteiger partial charge is 0.481 e. The van der Waals surface area contributed by atoms with Crippen molar-refractivity contribution in [2.24, 2.45) is 5.92 Å². The molecule has 0 spiro atoms. The predicted molar refractivity (Wildman–Crippen MR) is 68.2 cm³/mol. The van der Waals surface area contributed by atoms with Crippen LogP contribution in [0, 0.1) is 24.2 Å². The molecule has 1 aromatic heterocycles. The van der Waals surface area contributed by atoms with E-state index < -0.39 is 11.9 Å². The summed E-state index contributed by atoms with van der Waals surface area (Å²) in [5, 5.41) is 21.0. The van der Waals surface area contributed by atoms with Crippen LogP contribution in [-0.2, 0) is 4.79 Å². The highest BCUT2D eigenvalue weighted by Crippen LogP contribution is 2.16. The normalized spacial score (nSPS) is 11.6. The zero-order valence-corrected chi connectivity index (χ0v) is 10.6. The van der Waals surface area contributed by atoms with Crippen molar-refractivity contribution in [3.8, 4) is 6.07 Å². The van der Waals surface area contributed by atoms with Crippen molar-refractivity contribution >= 4 is 11.8 Å². The Morgan fingerprint density at radius 2 is 2.39 bits per heavy atom. The molecule has 0 aliphatic heterocycles. The minimum Gasteiger partial charge on any atom is -0.481 e. The molecule has 0 aliphatic carbocycles. The third kappa shape index (κ3) is 3.45. The minimum absolute atomic E-state index is 0.286. The first-order valence-corrected chi connectivity index (χ1v) is 5.92. The van der Waals surface area contributed by atoms with Gasteiger partial charge in [-0.15, -0.1) is 0 Å². The van der Waals surface area contributed by atoms with Crippen LogP contribution >= 0.6 is 0 Å². The number of carboxylic acids is 1. The zero-order chi connectivity index (χ0) is 13.5. The average molecular weight is 247 g/mol. The molecule has 1 unspecified atom stereocenters. The second kappa shape index (κ2) is 6.60. The molecular formula is C13H17N3O2. The Hall–Kier alpha value is -2.09. The average Bonchev–Trinajstić information content (AvgIpc) is 2.34. The van der Waals surface area contributed by atoms with E-state index >= 15 is 0 Å². The summed E-state index contributed by atoms with van der Waals surface area (Å²) in [5.41, 5.74) is 1.30. The van der Waals surface area contributed by atoms with Gasteiger partial charge in [-0.3, -0.25) is 4.79 Å². The quantitative estimate of drug-likeness (QED) is 0.804. The lowest BCUT2D eigenvalue weighted by Crippen LogP contribution is -2.23. The van der Waals surface area contributed by atoms with Gasteiger partial charge in [0, 0.05) is 12.7 Å². The summed E-state index contributed by atoms with van der Waals surface area (Å²) in [6, 6.07) is 3.83. The fourth-order valence-corrected chi connectivity index (χ4v) is 1.71. The molecule has 1 rings (SSSR count). The lowest BCUT2D eigenvalue weighted by Gasteiger charge is -2.14. The van der Waals surface area contributed by atoms with Crippen molar-refractivity contribution < 1.29 is 9.90 Å². The van der Waals surface area contributed by atoms with Crippen molar-refractivity contribution in [3.63, 3.8) is 0 Å². The number of pyridine rings is 1. The number of hydrogen-bond donors (Lipinski definition) is 2. The number of carbonyl (C=O) groups is 1. The van der Waals surface area contributed by atoms with Crippen molar-refractivity contribution in [1.29, 1.82) is 5.26 Å². The molecule has 0 bridgehead atoms. The van der Waals surface area contributed by atoms with Crippen LogP contribution in [0.2, 0.25) is 0 Å². The van der Waals surface area contributed by atoms with Crippen LogP contribution in [0.5, 0.6) is 0 Å². The maximum atomic E-state index is 11.0. The molecule has 0 saturated carbocycles. The van der Waals surface area contributed by atoms with E-state index in [0.717, 1.165) is 12.0 Å². The lowest BCUT2D eigenvalue weighted by atomic mass is 10.0. The van der Waals surface area contributed by atoms with Crippen LogP contribution in [0.1, 0.15) is 30.9 Å². The Bertz CT molecular complexity index is 466. The van der Waals surface area contributed by atoms with Crippen LogP contribution < -0.4 is 5.32 Å². The van der Waals surface area contributed by atoms with Crippen LogP contribution in [0.15, 0.2) is 12.3 Å². The molecule has 1 aromatic rings. The van der Waals surface area contributed by atoms with Gasteiger partial charge in [-0.25, -0.2) is 4.98 Å². The van der Waals surface area contributed by atoms with E-state index in [0.29, 0.717) is 17.8 Å². The highest BCUT2D eigenvalue weighted by atomic mass is 16.4. The van der Waals surface area contributed by atoms with Gasteiger partial charge >= 0.3 is 5.97 Å². The molecule has 0 fully saturated rings. The topological polar surface area (TPSA) is 86.0 Å². The van der Waals surface area contributed by atoms with Gasteiger partial charge < -0.3 is 10.4 Å². The summed E-state index contributed by atoms with van der Waals surface area (Å²) in [4.78, 5) is 15.1. The highest BCUT2D eigenvalue weighted by Gasteiger charge is 2.17. The summed E-state index contributed by atoms with van der Waals surface area (Å²) in [6.45, 7) is 4.06. The smallest absolute Gasteiger partial charge is 0.308 e. The van der Waals surface area contributed by atoms with Gasteiger partial charge in [-0.05, 0) is 25.0 Å². The Labute approximate surface area is 106 Å². The van der Waals surface area contributed by atoms with Gasteiger partial charge in [0.15, 0.2) is 0 Å². The van der Waals surface area contributed by atoms with E-state index in [1.54, 1.807) is 12.3 Å². The standard InChI is InChI=1S/C13H17N3O2/c1-3-4-10(13(17)18)8-16-12-11(7-14)9(2)5-6-15-12/h5-6,10H,3-4,8H2,1-2H3,(H,15,16)(H,17,18). The van der Waals surface area contributed by atoms with E-state index in [1.807, 2.05) is 13.8 Å². The predicted octanol–water partition coefficient (Wildman–Crippen LogP) is 2.17. The first kappa shape index (κ1) is 14.0. The third-order valence-electron chi connectivity index (χ3n) is 2.77. The van der Waals surface area contributed by atoms with Gasteiger partial charge in [0.05, 0.1) is 11.5 Å². The summed E-state index contributed by atoms with van der Waals surface area (Å²) >= 11 is 0. The molecule has 5 heteroatoms. The number of nitriles is 1. The van der Waals surface area contributed by atoms with Crippen LogP contribution in [0.25, 0.3) is 0 Å². The highest BCUT2D eigenvalue weighted by molar-refractivity contribution is 5.71. The second-order valence-corrected chi connectivity index (χ2v) is 4.17. The second-order valence-electron chi connectivity index (χ2n) is 4.17. The van der Waals surface area contributed by atoms with Crippen LogP contribution in [-0.4, -0.2) is 22.6 Å². The van der Waals surface area contributed by atoms with Gasteiger partial charge in [-0.2, -0.15) is 5.26 Å². The number of carboxylic acid groups (broad SMARTS) is 1. The van der Waals surface area contributed by atoms with Crippen molar-refractivity contribution in [1.82, 2.24) is 4.98 Å². The fourth-order valence-electron chi connectivity index (χ4n) is 1.71. The molecule has 1 atom stereocenters. The summed E-state index contributed by atoms with van der Waals surface area (Å²) in [5.74, 6) is -0.820. The lowest BCUT2D eigenvalue weighted by molar-refractivity contribution is -0.141. The Balaban J connectivity index is 2.77. The zero-order valence-electron chi connectivity index (χ0n) is 10.6. The molecule has 1 heterocycles. The first-order chi connectivity index (χ1) is 8.60. The van der Waals surface area contributed by atoms with Crippen LogP contribution in [0.3, 0.4) is 0 Å². The number of rotatable bonds is 6. The molecule has 18 heavy (non-hydrogen) atoms. The van der Waals surface area contributed by atoms with Gasteiger partial charge in [0.1, 0.15) is 11.9 Å². The fraction of sp³-hybridized carbons (Fsp3) is 0.462. The summed E-state index contributed by atoms with van der Waals surface area (Å²) in [7, 11) is 0. The Morgan fingerprint density at radius 1 is 1.67 bits per heavy atom. The van der Waals surface area contributed by atoms with Gasteiger partial charge in [0.25, 0.3) is 0 Å². The SMILES string of the molecule is CCCC(CNc1nccc(C)c1C#N)C(=O)O. The Morgan fingerprint density at radius 3 is 2.94 bits per heavy atom. The number of nitrogens with one attached hydrogen (secondary N) is 1. The molecule has 0 radical (unpaired) electrons. The summed E-state index contributed by atoms with van der Waals surface area (Å²) in [6.07, 6.45) is 3.02. The van der Waals surface area contributed by atoms with Crippen molar-refractivity contribution in [2.45, 2.75) is 26.7 Å². The van der Waals surface area contributed by atoms with Gasteiger partial charge in [0.2, 0.25) is 0 Å². The van der Waals surface area contributed by atoms with Crippen molar-refractivity contribution in [3.05, 3.63) is 23.4 Å². The van der Waals surface area contributed by atoms with E-state index in [1.165, 1.54) is 0 Å². The molecule has 0 aromatic carbocycles. The molecule has 5 nitrogen and oxygen atoms in total. The third-order valence-corrected chi connectivity index (χ3v) is 2.77. The number of anilines is 1. The molecule has 0 aliphatic rings. The molecule has 0 amide bonds. The number of aliphatic carboxylic acids is 1. The van der Waals surface area contributed by atoms with Gasteiger partial charge in [-0.1, -0.05) is 13.3 Å². The van der Waals surface area contributed by atoms with Crippen molar-refractivity contribution in [2.75, 3.05) is 11.9 Å². The Kier molecular flexibility index (Phi) is 5.12. The van der Waals surface area contributed by atoms with E-state index in [-0.39, 0.29) is 6.54 Å². The number of aromatic nitrogens is 1. The molecule has 2 N–H and O–H groups in total.